The maximum Gasteiger partial charge on any atom is 0.149 e. The van der Waals surface area contributed by atoms with Crippen molar-refractivity contribution < 1.29 is 4.39 Å². The lowest BCUT2D eigenvalue weighted by Crippen LogP contribution is -2.54. The van der Waals surface area contributed by atoms with Gasteiger partial charge in [0.15, 0.2) is 0 Å². The molecule has 0 unspecified atom stereocenters. The molecule has 0 saturated carbocycles. The summed E-state index contributed by atoms with van der Waals surface area (Å²) in [6.45, 7) is 3.46. The van der Waals surface area contributed by atoms with Crippen molar-refractivity contribution in [3.63, 3.8) is 0 Å². The van der Waals surface area contributed by atoms with Crippen LogP contribution in [0.5, 0.6) is 0 Å². The Morgan fingerprint density at radius 2 is 1.83 bits per heavy atom. The summed E-state index contributed by atoms with van der Waals surface area (Å²) >= 11 is 6.51. The number of halogens is 2. The average molecular weight is 423 g/mol. The maximum atomic E-state index is 15.0. The number of hydrogen-bond acceptors (Lipinski definition) is 3. The molecule has 30 heavy (non-hydrogen) atoms. The third kappa shape index (κ3) is 3.94. The smallest absolute Gasteiger partial charge is 0.149 e. The number of nitrogens with zero attached hydrogens (tertiary/aromatic N) is 4. The first kappa shape index (κ1) is 20.5. The fraction of sp³-hybridized carbons (Fsp3) is 0.292. The Labute approximate surface area is 181 Å². The number of benzene rings is 2. The van der Waals surface area contributed by atoms with Crippen LogP contribution in [0, 0.1) is 17.7 Å². The van der Waals surface area contributed by atoms with Crippen LogP contribution in [-0.4, -0.2) is 34.9 Å². The van der Waals surface area contributed by atoms with Gasteiger partial charge in [0.2, 0.25) is 0 Å². The normalized spacial score (nSPS) is 19.4. The molecule has 4 rings (SSSR count). The van der Waals surface area contributed by atoms with Gasteiger partial charge >= 0.3 is 0 Å². The molecule has 1 aliphatic heterocycles. The first-order chi connectivity index (χ1) is 14.4. The SMILES string of the molecule is CN1CN(c2c(F)cc(C#Cc3ccccc3)cc2Cl)CC[C@@]1(C)c1cnn(C)c1. The van der Waals surface area contributed by atoms with E-state index in [1.807, 2.05) is 66.4 Å². The van der Waals surface area contributed by atoms with Crippen molar-refractivity contribution in [1.82, 2.24) is 14.7 Å². The third-order valence-electron chi connectivity index (χ3n) is 5.88. The Kier molecular flexibility index (Phi) is 5.55. The van der Waals surface area contributed by atoms with E-state index in [1.165, 1.54) is 6.07 Å². The summed E-state index contributed by atoms with van der Waals surface area (Å²) < 4.78 is 16.9. The molecule has 0 amide bonds. The zero-order valence-corrected chi connectivity index (χ0v) is 18.1. The number of rotatable bonds is 2. The molecule has 1 saturated heterocycles. The van der Waals surface area contributed by atoms with Gasteiger partial charge in [0.1, 0.15) is 5.82 Å². The van der Waals surface area contributed by atoms with E-state index >= 15 is 4.39 Å². The van der Waals surface area contributed by atoms with Crippen LogP contribution in [0.25, 0.3) is 0 Å². The van der Waals surface area contributed by atoms with Crippen LogP contribution in [-0.2, 0) is 12.6 Å². The Hall–Kier alpha value is -2.81. The van der Waals surface area contributed by atoms with Gasteiger partial charge in [0.25, 0.3) is 0 Å². The third-order valence-corrected chi connectivity index (χ3v) is 6.17. The van der Waals surface area contributed by atoms with Gasteiger partial charge in [0, 0.05) is 42.0 Å². The first-order valence-corrected chi connectivity index (χ1v) is 10.3. The van der Waals surface area contributed by atoms with E-state index in [0.717, 1.165) is 17.5 Å². The van der Waals surface area contributed by atoms with Crippen molar-refractivity contribution in [2.24, 2.45) is 7.05 Å². The topological polar surface area (TPSA) is 24.3 Å². The molecule has 3 aromatic rings. The van der Waals surface area contributed by atoms with E-state index in [2.05, 4.69) is 28.8 Å². The highest BCUT2D eigenvalue weighted by atomic mass is 35.5. The zero-order chi connectivity index (χ0) is 21.3. The molecular weight excluding hydrogens is 399 g/mol. The van der Waals surface area contributed by atoms with Crippen molar-refractivity contribution in [2.45, 2.75) is 18.9 Å². The van der Waals surface area contributed by atoms with E-state index < -0.39 is 0 Å². The molecule has 4 nitrogen and oxygen atoms in total. The van der Waals surface area contributed by atoms with Crippen molar-refractivity contribution in [3.8, 4) is 11.8 Å². The summed E-state index contributed by atoms with van der Waals surface area (Å²) in [5, 5.41) is 4.69. The lowest BCUT2D eigenvalue weighted by atomic mass is 9.87. The second-order valence-electron chi connectivity index (χ2n) is 7.93. The Morgan fingerprint density at radius 3 is 2.47 bits per heavy atom. The second-order valence-corrected chi connectivity index (χ2v) is 8.34. The van der Waals surface area contributed by atoms with Gasteiger partial charge in [-0.25, -0.2) is 4.39 Å². The van der Waals surface area contributed by atoms with E-state index in [1.54, 1.807) is 6.07 Å². The molecule has 0 N–H and O–H groups in total. The Bertz CT molecular complexity index is 1090. The van der Waals surface area contributed by atoms with E-state index in [0.29, 0.717) is 29.5 Å². The van der Waals surface area contributed by atoms with Gasteiger partial charge in [0.05, 0.1) is 23.6 Å². The molecule has 0 spiro atoms. The quantitative estimate of drug-likeness (QED) is 0.563. The van der Waals surface area contributed by atoms with Crippen LogP contribution in [0.4, 0.5) is 10.1 Å². The molecule has 1 aliphatic rings. The summed E-state index contributed by atoms with van der Waals surface area (Å²) in [6.07, 6.45) is 4.78. The zero-order valence-electron chi connectivity index (χ0n) is 17.4. The van der Waals surface area contributed by atoms with Crippen LogP contribution in [0.3, 0.4) is 0 Å². The lowest BCUT2D eigenvalue weighted by molar-refractivity contribution is 0.0992. The number of anilines is 1. The fourth-order valence-corrected chi connectivity index (χ4v) is 4.21. The monoisotopic (exact) mass is 422 g/mol. The standard InChI is InChI=1S/C24H24ClFN4/c1-24(20-15-27-29(3)16-20)11-12-30(17-28(24)2)23-21(25)13-19(14-22(23)26)10-9-18-7-5-4-6-8-18/h4-8,13-16H,11-12,17H2,1-3H3/t24-/m0/s1. The molecule has 1 atom stereocenters. The van der Waals surface area contributed by atoms with Gasteiger partial charge in [-0.05, 0) is 44.7 Å². The number of aryl methyl sites for hydroxylation is 1. The maximum absolute atomic E-state index is 15.0. The van der Waals surface area contributed by atoms with Gasteiger partial charge in [-0.15, -0.1) is 0 Å². The highest BCUT2D eigenvalue weighted by Crippen LogP contribution is 2.38. The molecule has 1 aromatic heterocycles. The minimum absolute atomic E-state index is 0.158. The summed E-state index contributed by atoms with van der Waals surface area (Å²) in [5.74, 6) is 5.70. The van der Waals surface area contributed by atoms with Gasteiger partial charge in [-0.2, -0.15) is 5.10 Å². The van der Waals surface area contributed by atoms with Gasteiger partial charge in [-0.3, -0.25) is 9.58 Å². The average Bonchev–Trinajstić information content (AvgIpc) is 3.16. The van der Waals surface area contributed by atoms with Crippen LogP contribution in [0.15, 0.2) is 54.9 Å². The number of hydrogen-bond donors (Lipinski definition) is 0. The summed E-state index contributed by atoms with van der Waals surface area (Å²) in [5.41, 5.74) is 2.88. The van der Waals surface area contributed by atoms with Gasteiger partial charge < -0.3 is 4.90 Å². The molecule has 0 aliphatic carbocycles. The lowest BCUT2D eigenvalue weighted by Gasteiger charge is -2.47. The molecule has 0 bridgehead atoms. The summed E-state index contributed by atoms with van der Waals surface area (Å²) in [6, 6.07) is 12.8. The Morgan fingerprint density at radius 1 is 1.10 bits per heavy atom. The molecule has 0 radical (unpaired) electrons. The second kappa shape index (κ2) is 8.14. The summed E-state index contributed by atoms with van der Waals surface area (Å²) in [7, 11) is 3.96. The fourth-order valence-electron chi connectivity index (χ4n) is 3.88. The molecule has 6 heteroatoms. The molecule has 154 valence electrons. The van der Waals surface area contributed by atoms with Crippen molar-refractivity contribution >= 4 is 17.3 Å². The molecule has 1 fully saturated rings. The predicted molar refractivity (Wildman–Crippen MR) is 119 cm³/mol. The number of aromatic nitrogens is 2. The van der Waals surface area contributed by atoms with Crippen molar-refractivity contribution in [3.05, 3.63) is 82.4 Å². The molecular formula is C24H24ClFN4. The van der Waals surface area contributed by atoms with Crippen LogP contribution >= 0.6 is 11.6 Å². The van der Waals surface area contributed by atoms with Gasteiger partial charge in [-0.1, -0.05) is 41.6 Å². The van der Waals surface area contributed by atoms with E-state index in [4.69, 9.17) is 11.6 Å². The molecule has 2 aromatic carbocycles. The Balaban J connectivity index is 1.56. The molecule has 2 heterocycles. The summed E-state index contributed by atoms with van der Waals surface area (Å²) in [4.78, 5) is 4.20. The van der Waals surface area contributed by atoms with Crippen molar-refractivity contribution in [2.75, 3.05) is 25.2 Å². The minimum Gasteiger partial charge on any atom is -0.355 e. The van der Waals surface area contributed by atoms with Crippen LogP contribution in [0.2, 0.25) is 5.02 Å². The van der Waals surface area contributed by atoms with E-state index in [-0.39, 0.29) is 11.4 Å². The highest BCUT2D eigenvalue weighted by Gasteiger charge is 2.38. The largest absolute Gasteiger partial charge is 0.355 e. The van der Waals surface area contributed by atoms with E-state index in [9.17, 15) is 0 Å². The highest BCUT2D eigenvalue weighted by molar-refractivity contribution is 6.33. The first-order valence-electron chi connectivity index (χ1n) is 9.88. The van der Waals surface area contributed by atoms with Crippen LogP contribution < -0.4 is 4.90 Å². The van der Waals surface area contributed by atoms with Crippen LogP contribution in [0.1, 0.15) is 30.0 Å². The predicted octanol–water partition coefficient (Wildman–Crippen LogP) is 4.63. The minimum atomic E-state index is -0.349. The van der Waals surface area contributed by atoms with Crippen molar-refractivity contribution in [1.29, 1.82) is 0 Å².